The summed E-state index contributed by atoms with van der Waals surface area (Å²) in [6, 6.07) is 5.12. The van der Waals surface area contributed by atoms with E-state index in [9.17, 15) is 14.7 Å². The van der Waals surface area contributed by atoms with Gasteiger partial charge < -0.3 is 15.2 Å². The number of nitrogens with one attached hydrogen (secondary N) is 1. The molecule has 1 saturated heterocycles. The van der Waals surface area contributed by atoms with E-state index < -0.39 is 17.4 Å². The van der Waals surface area contributed by atoms with Gasteiger partial charge in [-0.15, -0.1) is 0 Å². The van der Waals surface area contributed by atoms with Gasteiger partial charge in [0.2, 0.25) is 5.91 Å². The zero-order valence-corrected chi connectivity index (χ0v) is 11.3. The highest BCUT2D eigenvalue weighted by Gasteiger charge is 2.51. The van der Waals surface area contributed by atoms with Crippen molar-refractivity contribution >= 4 is 11.9 Å². The second-order valence-corrected chi connectivity index (χ2v) is 5.69. The number of hydrogen-bond donors (Lipinski definition) is 2. The molecule has 1 aromatic carbocycles. The minimum absolute atomic E-state index is 0.163. The summed E-state index contributed by atoms with van der Waals surface area (Å²) in [5.41, 5.74) is 1.82. The smallest absolute Gasteiger partial charge is 0.326 e. The summed E-state index contributed by atoms with van der Waals surface area (Å²) < 4.78 is 5.23. The summed E-state index contributed by atoms with van der Waals surface area (Å²) in [4.78, 5) is 23.1. The zero-order chi connectivity index (χ0) is 14.3. The Morgan fingerprint density at radius 3 is 2.90 bits per heavy atom. The average Bonchev–Trinajstić information content (AvgIpc) is 2.74. The molecule has 1 heterocycles. The minimum atomic E-state index is -0.942. The summed E-state index contributed by atoms with van der Waals surface area (Å²) in [5, 5.41) is 12.0. The minimum Gasteiger partial charge on any atom is -0.497 e. The van der Waals surface area contributed by atoms with E-state index in [2.05, 4.69) is 5.32 Å². The molecular weight excluding hydrogens is 258 g/mol. The predicted octanol–water partition coefficient (Wildman–Crippen LogP) is 1.14. The van der Waals surface area contributed by atoms with Gasteiger partial charge in [-0.3, -0.25) is 4.79 Å². The van der Waals surface area contributed by atoms with Gasteiger partial charge >= 0.3 is 5.97 Å². The van der Waals surface area contributed by atoms with E-state index in [1.165, 1.54) is 5.56 Å². The normalized spacial score (nSPS) is 28.1. The Labute approximate surface area is 116 Å². The van der Waals surface area contributed by atoms with Crippen molar-refractivity contribution in [1.29, 1.82) is 0 Å². The summed E-state index contributed by atoms with van der Waals surface area (Å²) >= 11 is 0. The number of carbonyl (C=O) groups is 2. The Morgan fingerprint density at radius 2 is 2.20 bits per heavy atom. The van der Waals surface area contributed by atoms with Crippen molar-refractivity contribution in [3.05, 3.63) is 29.3 Å². The Morgan fingerprint density at radius 1 is 1.40 bits per heavy atom. The number of methoxy groups -OCH3 is 1. The van der Waals surface area contributed by atoms with Gasteiger partial charge in [-0.2, -0.15) is 0 Å². The van der Waals surface area contributed by atoms with E-state index in [1.807, 2.05) is 18.2 Å². The standard InChI is InChI=1S/C15H17NO4/c1-20-11-3-2-9-4-5-15(7-10(9)6-11)8-12(17)16-13(15)14(18)19/h2-3,6,13H,4-5,7-8H2,1H3,(H,16,17)(H,18,19). The van der Waals surface area contributed by atoms with Crippen LogP contribution in [-0.2, 0) is 22.4 Å². The molecule has 0 saturated carbocycles. The summed E-state index contributed by atoms with van der Waals surface area (Å²) in [5.74, 6) is -0.337. The van der Waals surface area contributed by atoms with Crippen molar-refractivity contribution in [2.24, 2.45) is 5.41 Å². The first-order valence-corrected chi connectivity index (χ1v) is 6.72. The maximum Gasteiger partial charge on any atom is 0.326 e. The number of ether oxygens (including phenoxy) is 1. The molecule has 2 N–H and O–H groups in total. The van der Waals surface area contributed by atoms with E-state index in [0.717, 1.165) is 24.2 Å². The van der Waals surface area contributed by atoms with Crippen molar-refractivity contribution in [2.75, 3.05) is 7.11 Å². The lowest BCUT2D eigenvalue weighted by molar-refractivity contribution is -0.142. The van der Waals surface area contributed by atoms with Gasteiger partial charge in [0.1, 0.15) is 11.8 Å². The van der Waals surface area contributed by atoms with Crippen molar-refractivity contribution < 1.29 is 19.4 Å². The lowest BCUT2D eigenvalue weighted by Gasteiger charge is -2.36. The number of benzene rings is 1. The Hall–Kier alpha value is -2.04. The van der Waals surface area contributed by atoms with Crippen LogP contribution < -0.4 is 10.1 Å². The van der Waals surface area contributed by atoms with Gasteiger partial charge in [0.15, 0.2) is 0 Å². The number of rotatable bonds is 2. The lowest BCUT2D eigenvalue weighted by atomic mass is 9.67. The van der Waals surface area contributed by atoms with Gasteiger partial charge in [-0.1, -0.05) is 6.07 Å². The molecule has 0 aromatic heterocycles. The number of carboxylic acid groups (broad SMARTS) is 1. The molecule has 0 bridgehead atoms. The molecular formula is C15H17NO4. The topological polar surface area (TPSA) is 75.6 Å². The highest BCUT2D eigenvalue weighted by molar-refractivity contribution is 5.89. The first kappa shape index (κ1) is 13.0. The summed E-state index contributed by atoms with van der Waals surface area (Å²) in [7, 11) is 1.61. The largest absolute Gasteiger partial charge is 0.497 e. The number of aliphatic carboxylic acids is 1. The van der Waals surface area contributed by atoms with Gasteiger partial charge in [0.25, 0.3) is 0 Å². The molecule has 2 atom stereocenters. The Bertz CT molecular complexity index is 583. The molecule has 20 heavy (non-hydrogen) atoms. The molecule has 5 heteroatoms. The molecule has 3 rings (SSSR count). The Kier molecular flexibility index (Phi) is 2.92. The van der Waals surface area contributed by atoms with E-state index in [0.29, 0.717) is 12.8 Å². The lowest BCUT2D eigenvalue weighted by Crippen LogP contribution is -2.46. The fraction of sp³-hybridized carbons (Fsp3) is 0.467. The van der Waals surface area contributed by atoms with Crippen LogP contribution in [0, 0.1) is 5.41 Å². The molecule has 1 aliphatic heterocycles. The van der Waals surface area contributed by atoms with Gasteiger partial charge in [-0.05, 0) is 42.5 Å². The van der Waals surface area contributed by atoms with Crippen LogP contribution in [0.2, 0.25) is 0 Å². The van der Waals surface area contributed by atoms with Crippen LogP contribution in [0.25, 0.3) is 0 Å². The second kappa shape index (κ2) is 4.51. The molecule has 1 aromatic rings. The highest BCUT2D eigenvalue weighted by atomic mass is 16.5. The second-order valence-electron chi connectivity index (χ2n) is 5.69. The number of carboxylic acids is 1. The van der Waals surface area contributed by atoms with Gasteiger partial charge in [0.05, 0.1) is 7.11 Å². The number of hydrogen-bond acceptors (Lipinski definition) is 3. The molecule has 1 fully saturated rings. The highest BCUT2D eigenvalue weighted by Crippen LogP contribution is 2.44. The van der Waals surface area contributed by atoms with Crippen LogP contribution in [0.4, 0.5) is 0 Å². The summed E-state index contributed by atoms with van der Waals surface area (Å²) in [6.45, 7) is 0. The van der Waals surface area contributed by atoms with Crippen molar-refractivity contribution in [1.82, 2.24) is 5.32 Å². The van der Waals surface area contributed by atoms with Crippen molar-refractivity contribution in [2.45, 2.75) is 31.7 Å². The van der Waals surface area contributed by atoms with Crippen LogP contribution >= 0.6 is 0 Å². The number of aryl methyl sites for hydroxylation is 1. The van der Waals surface area contributed by atoms with Crippen molar-refractivity contribution in [3.8, 4) is 5.75 Å². The summed E-state index contributed by atoms with van der Waals surface area (Å²) in [6.07, 6.45) is 2.43. The number of fused-ring (bicyclic) bond motifs is 1. The quantitative estimate of drug-likeness (QED) is 0.848. The molecule has 106 valence electrons. The first-order valence-electron chi connectivity index (χ1n) is 6.72. The van der Waals surface area contributed by atoms with Crippen LogP contribution in [0.1, 0.15) is 24.0 Å². The van der Waals surface area contributed by atoms with Crippen molar-refractivity contribution in [3.63, 3.8) is 0 Å². The number of carbonyl (C=O) groups excluding carboxylic acids is 1. The van der Waals surface area contributed by atoms with Gasteiger partial charge in [-0.25, -0.2) is 4.79 Å². The Balaban J connectivity index is 1.97. The van der Waals surface area contributed by atoms with E-state index in [-0.39, 0.29) is 5.91 Å². The third kappa shape index (κ3) is 1.94. The van der Waals surface area contributed by atoms with Gasteiger partial charge in [0, 0.05) is 11.8 Å². The average molecular weight is 275 g/mol. The monoisotopic (exact) mass is 275 g/mol. The maximum atomic E-state index is 11.7. The third-order valence-electron chi connectivity index (χ3n) is 4.53. The predicted molar refractivity (Wildman–Crippen MR) is 71.6 cm³/mol. The molecule has 1 amide bonds. The molecule has 0 radical (unpaired) electrons. The molecule has 2 unspecified atom stereocenters. The fourth-order valence-electron chi connectivity index (χ4n) is 3.50. The van der Waals surface area contributed by atoms with E-state index >= 15 is 0 Å². The molecule has 5 nitrogen and oxygen atoms in total. The number of amides is 1. The first-order chi connectivity index (χ1) is 9.54. The zero-order valence-electron chi connectivity index (χ0n) is 11.3. The molecule has 1 spiro atoms. The molecule has 2 aliphatic rings. The fourth-order valence-corrected chi connectivity index (χ4v) is 3.50. The van der Waals surface area contributed by atoms with E-state index in [1.54, 1.807) is 7.11 Å². The van der Waals surface area contributed by atoms with Crippen LogP contribution in [0.5, 0.6) is 5.75 Å². The molecule has 1 aliphatic carbocycles. The maximum absolute atomic E-state index is 11.7. The SMILES string of the molecule is COc1ccc2c(c1)CC1(CC2)CC(=O)NC1C(=O)O. The van der Waals surface area contributed by atoms with E-state index in [4.69, 9.17) is 4.74 Å². The third-order valence-corrected chi connectivity index (χ3v) is 4.53. The van der Waals surface area contributed by atoms with Crippen LogP contribution in [-0.4, -0.2) is 30.1 Å². The van der Waals surface area contributed by atoms with Crippen LogP contribution in [0.3, 0.4) is 0 Å². The van der Waals surface area contributed by atoms with Crippen LogP contribution in [0.15, 0.2) is 18.2 Å².